The fourth-order valence-corrected chi connectivity index (χ4v) is 1.07. The van der Waals surface area contributed by atoms with Gasteiger partial charge in [-0.05, 0) is 13.3 Å². The Hall–Kier alpha value is -1.67. The lowest BCUT2D eigenvalue weighted by Crippen LogP contribution is -2.22. The van der Waals surface area contributed by atoms with Crippen molar-refractivity contribution < 1.29 is 5.11 Å². The summed E-state index contributed by atoms with van der Waals surface area (Å²) in [6.45, 7) is 2.45. The van der Waals surface area contributed by atoms with Crippen molar-refractivity contribution in [3.05, 3.63) is 18.1 Å². The fourth-order valence-electron chi connectivity index (χ4n) is 1.07. The van der Waals surface area contributed by atoms with E-state index >= 15 is 0 Å². The summed E-state index contributed by atoms with van der Waals surface area (Å²) in [5.41, 5.74) is 0.308. The summed E-state index contributed by atoms with van der Waals surface area (Å²) >= 11 is 0. The number of aliphatic hydroxyl groups excluding tert-OH is 1. The van der Waals surface area contributed by atoms with Gasteiger partial charge in [0.2, 0.25) is 0 Å². The highest BCUT2D eigenvalue weighted by molar-refractivity contribution is 5.35. The first-order valence-corrected chi connectivity index (χ1v) is 4.75. The van der Waals surface area contributed by atoms with E-state index in [2.05, 4.69) is 9.97 Å². The smallest absolute Gasteiger partial charge is 0.158 e. The molecular weight excluding hydrogens is 192 g/mol. The third-order valence-corrected chi connectivity index (χ3v) is 2.03. The molecule has 0 radical (unpaired) electrons. The molecule has 0 aliphatic carbocycles. The summed E-state index contributed by atoms with van der Waals surface area (Å²) in [7, 11) is 1.87. The summed E-state index contributed by atoms with van der Waals surface area (Å²) in [6, 6.07) is 1.91. The maximum absolute atomic E-state index is 9.12. The zero-order chi connectivity index (χ0) is 11.3. The predicted molar refractivity (Wildman–Crippen MR) is 56.3 cm³/mol. The maximum atomic E-state index is 9.12. The van der Waals surface area contributed by atoms with E-state index in [0.717, 1.165) is 0 Å². The quantitative estimate of drug-likeness (QED) is 0.779. The third-order valence-electron chi connectivity index (χ3n) is 2.03. The summed E-state index contributed by atoms with van der Waals surface area (Å²) in [6.07, 6.45) is 3.35. The van der Waals surface area contributed by atoms with Crippen molar-refractivity contribution >= 4 is 5.82 Å². The molecule has 5 heteroatoms. The Balaban J connectivity index is 2.58. The molecule has 1 rings (SSSR count). The second-order valence-electron chi connectivity index (χ2n) is 3.43. The summed E-state index contributed by atoms with van der Waals surface area (Å²) in [4.78, 5) is 9.89. The van der Waals surface area contributed by atoms with Crippen LogP contribution in [0.25, 0.3) is 0 Å². The minimum atomic E-state index is -0.321. The highest BCUT2D eigenvalue weighted by Gasteiger charge is 2.04. The molecule has 0 spiro atoms. The molecule has 1 aromatic rings. The number of aliphatic hydroxyl groups is 1. The normalized spacial score (nSPS) is 11.9. The van der Waals surface area contributed by atoms with Crippen LogP contribution in [0.4, 0.5) is 5.82 Å². The van der Waals surface area contributed by atoms with Crippen molar-refractivity contribution in [2.24, 2.45) is 0 Å². The predicted octanol–water partition coefficient (Wildman–Crippen LogP) is 0.555. The van der Waals surface area contributed by atoms with Gasteiger partial charge in [-0.1, -0.05) is 0 Å². The number of hydrogen-bond donors (Lipinski definition) is 1. The van der Waals surface area contributed by atoms with Crippen molar-refractivity contribution in [3.8, 4) is 6.07 Å². The van der Waals surface area contributed by atoms with E-state index in [1.54, 1.807) is 13.1 Å². The van der Waals surface area contributed by atoms with Gasteiger partial charge in [-0.3, -0.25) is 0 Å². The number of nitrogens with zero attached hydrogens (tertiary/aromatic N) is 4. The molecule has 1 atom stereocenters. The molecule has 15 heavy (non-hydrogen) atoms. The molecule has 0 saturated heterocycles. The lowest BCUT2D eigenvalue weighted by atomic mass is 10.3. The fraction of sp³-hybridized carbons (Fsp3) is 0.500. The molecule has 80 valence electrons. The van der Waals surface area contributed by atoms with Gasteiger partial charge in [-0.25, -0.2) is 9.97 Å². The summed E-state index contributed by atoms with van der Waals surface area (Å²) < 4.78 is 0. The van der Waals surface area contributed by atoms with Crippen molar-refractivity contribution in [3.63, 3.8) is 0 Å². The molecule has 1 aromatic heterocycles. The van der Waals surface area contributed by atoms with Crippen LogP contribution in [-0.4, -0.2) is 34.8 Å². The molecule has 0 bridgehead atoms. The van der Waals surface area contributed by atoms with Crippen LogP contribution >= 0.6 is 0 Å². The van der Waals surface area contributed by atoms with E-state index in [9.17, 15) is 0 Å². The van der Waals surface area contributed by atoms with Gasteiger partial charge in [0.05, 0.1) is 18.5 Å². The Bertz CT molecular complexity index is 341. The molecule has 0 saturated carbocycles. The first-order valence-electron chi connectivity index (χ1n) is 4.75. The van der Waals surface area contributed by atoms with Gasteiger partial charge in [-0.15, -0.1) is 0 Å². The van der Waals surface area contributed by atoms with Crippen LogP contribution in [0.3, 0.4) is 0 Å². The zero-order valence-corrected chi connectivity index (χ0v) is 8.88. The van der Waals surface area contributed by atoms with Gasteiger partial charge >= 0.3 is 0 Å². The second kappa shape index (κ2) is 5.27. The van der Waals surface area contributed by atoms with Crippen LogP contribution in [0.2, 0.25) is 0 Å². The van der Waals surface area contributed by atoms with Gasteiger partial charge in [-0.2, -0.15) is 5.26 Å². The number of nitriles is 1. The van der Waals surface area contributed by atoms with E-state index in [0.29, 0.717) is 24.5 Å². The minimum Gasteiger partial charge on any atom is -0.393 e. The van der Waals surface area contributed by atoms with E-state index < -0.39 is 0 Å². The third kappa shape index (κ3) is 3.52. The highest BCUT2D eigenvalue weighted by Crippen LogP contribution is 2.07. The molecule has 5 nitrogen and oxygen atoms in total. The average molecular weight is 206 g/mol. The molecule has 0 fully saturated rings. The van der Waals surface area contributed by atoms with Gasteiger partial charge in [0.25, 0.3) is 0 Å². The zero-order valence-electron chi connectivity index (χ0n) is 8.88. The van der Waals surface area contributed by atoms with Crippen molar-refractivity contribution in [1.29, 1.82) is 5.26 Å². The lowest BCUT2D eigenvalue weighted by molar-refractivity contribution is 0.187. The first kappa shape index (κ1) is 11.4. The Labute approximate surface area is 89.0 Å². The Morgan fingerprint density at radius 3 is 2.73 bits per heavy atom. The summed E-state index contributed by atoms with van der Waals surface area (Å²) in [5.74, 6) is 0.703. The molecule has 0 aliphatic rings. The van der Waals surface area contributed by atoms with Gasteiger partial charge in [0.1, 0.15) is 11.9 Å². The van der Waals surface area contributed by atoms with Crippen LogP contribution in [0, 0.1) is 11.3 Å². The molecule has 0 amide bonds. The van der Waals surface area contributed by atoms with Crippen molar-refractivity contribution in [2.45, 2.75) is 19.4 Å². The molecule has 0 aromatic carbocycles. The number of aromatic nitrogens is 2. The van der Waals surface area contributed by atoms with E-state index in [-0.39, 0.29) is 6.10 Å². The number of anilines is 1. The molecule has 1 heterocycles. The van der Waals surface area contributed by atoms with Crippen LogP contribution in [0.15, 0.2) is 12.4 Å². The highest BCUT2D eigenvalue weighted by atomic mass is 16.3. The first-order chi connectivity index (χ1) is 7.13. The topological polar surface area (TPSA) is 73.0 Å². The molecule has 1 unspecified atom stereocenters. The maximum Gasteiger partial charge on any atom is 0.158 e. The van der Waals surface area contributed by atoms with Crippen LogP contribution < -0.4 is 4.90 Å². The Kier molecular flexibility index (Phi) is 4.01. The molecular formula is C10H14N4O. The van der Waals surface area contributed by atoms with Crippen molar-refractivity contribution in [1.82, 2.24) is 9.97 Å². The van der Waals surface area contributed by atoms with Gasteiger partial charge in [0.15, 0.2) is 5.69 Å². The Morgan fingerprint density at radius 1 is 1.53 bits per heavy atom. The van der Waals surface area contributed by atoms with E-state index in [1.165, 1.54) is 6.20 Å². The number of hydrogen-bond acceptors (Lipinski definition) is 5. The van der Waals surface area contributed by atoms with Crippen LogP contribution in [-0.2, 0) is 0 Å². The SMILES string of the molecule is CC(O)CCN(C)c1cnc(C#N)cn1. The molecule has 1 N–H and O–H groups in total. The van der Waals surface area contributed by atoms with Crippen molar-refractivity contribution in [2.75, 3.05) is 18.5 Å². The van der Waals surface area contributed by atoms with E-state index in [4.69, 9.17) is 10.4 Å². The molecule has 0 aliphatic heterocycles. The lowest BCUT2D eigenvalue weighted by Gasteiger charge is -2.18. The standard InChI is InChI=1S/C10H14N4O/c1-8(15)3-4-14(2)10-7-12-9(5-11)6-13-10/h6-8,15H,3-4H2,1-2H3. The Morgan fingerprint density at radius 2 is 2.27 bits per heavy atom. The summed E-state index contributed by atoms with van der Waals surface area (Å²) in [5, 5.41) is 17.7. The second-order valence-corrected chi connectivity index (χ2v) is 3.43. The monoisotopic (exact) mass is 206 g/mol. The van der Waals surface area contributed by atoms with E-state index in [1.807, 2.05) is 18.0 Å². The van der Waals surface area contributed by atoms with Crippen LogP contribution in [0.5, 0.6) is 0 Å². The minimum absolute atomic E-state index is 0.308. The van der Waals surface area contributed by atoms with Gasteiger partial charge < -0.3 is 10.0 Å². The average Bonchev–Trinajstić information content (AvgIpc) is 2.26. The van der Waals surface area contributed by atoms with Crippen LogP contribution in [0.1, 0.15) is 19.0 Å². The van der Waals surface area contributed by atoms with Gasteiger partial charge in [0, 0.05) is 13.6 Å². The largest absolute Gasteiger partial charge is 0.393 e. The number of rotatable bonds is 4.